The molecule has 0 fully saturated rings. The Balaban J connectivity index is 1.66. The van der Waals surface area contributed by atoms with Gasteiger partial charge in [-0.15, -0.1) is 0 Å². The highest BCUT2D eigenvalue weighted by molar-refractivity contribution is 5.94. The van der Waals surface area contributed by atoms with Gasteiger partial charge >= 0.3 is 0 Å². The molecule has 3 rings (SSSR count). The molecule has 0 atom stereocenters. The number of nitrogens with zero attached hydrogens (tertiary/aromatic N) is 2. The summed E-state index contributed by atoms with van der Waals surface area (Å²) in [5.41, 5.74) is 1.71. The van der Waals surface area contributed by atoms with Crippen molar-refractivity contribution in [2.45, 2.75) is 6.54 Å². The van der Waals surface area contributed by atoms with Crippen LogP contribution in [0.4, 0.5) is 4.39 Å². The number of rotatable bonds is 5. The quantitative estimate of drug-likeness (QED) is 0.778. The molecule has 3 aromatic rings. The van der Waals surface area contributed by atoms with Crippen molar-refractivity contribution in [2.75, 3.05) is 6.54 Å². The summed E-state index contributed by atoms with van der Waals surface area (Å²) in [7, 11) is 0. The molecule has 6 heteroatoms. The van der Waals surface area contributed by atoms with Gasteiger partial charge in [0.05, 0.1) is 12.2 Å². The summed E-state index contributed by atoms with van der Waals surface area (Å²) >= 11 is 0. The Morgan fingerprint density at radius 2 is 1.72 bits per heavy atom. The van der Waals surface area contributed by atoms with Crippen LogP contribution in [-0.2, 0) is 6.54 Å². The second-order valence-corrected chi connectivity index (χ2v) is 5.41. The Labute approximate surface area is 143 Å². The zero-order valence-corrected chi connectivity index (χ0v) is 13.4. The summed E-state index contributed by atoms with van der Waals surface area (Å²) in [4.78, 5) is 23.9. The molecule has 0 bridgehead atoms. The molecule has 0 saturated carbocycles. The number of hydrogen-bond donors (Lipinski definition) is 1. The Morgan fingerprint density at radius 3 is 2.44 bits per heavy atom. The van der Waals surface area contributed by atoms with Gasteiger partial charge in [0, 0.05) is 23.7 Å². The third-order valence-electron chi connectivity index (χ3n) is 3.65. The molecular weight excluding hydrogens is 321 g/mol. The van der Waals surface area contributed by atoms with Crippen molar-refractivity contribution < 1.29 is 9.18 Å². The van der Waals surface area contributed by atoms with Crippen LogP contribution in [0.5, 0.6) is 0 Å². The highest BCUT2D eigenvalue weighted by Gasteiger charge is 2.06. The molecule has 2 aromatic carbocycles. The number of carbonyl (C=O) groups is 1. The number of hydrogen-bond acceptors (Lipinski definition) is 3. The van der Waals surface area contributed by atoms with E-state index in [2.05, 4.69) is 10.4 Å². The minimum atomic E-state index is -0.398. The predicted molar refractivity (Wildman–Crippen MR) is 92.7 cm³/mol. The van der Waals surface area contributed by atoms with Crippen molar-refractivity contribution in [1.29, 1.82) is 0 Å². The summed E-state index contributed by atoms with van der Waals surface area (Å²) < 4.78 is 14.2. The van der Waals surface area contributed by atoms with Crippen molar-refractivity contribution in [1.82, 2.24) is 15.1 Å². The standard InChI is InChI=1S/C19H16FN3O2/c20-16-8-6-15(7-9-16)19(25)21-12-13-23-18(24)11-10-17(22-23)14-4-2-1-3-5-14/h1-11H,12-13H2,(H,21,25). The van der Waals surface area contributed by atoms with Crippen LogP contribution >= 0.6 is 0 Å². The topological polar surface area (TPSA) is 64.0 Å². The third kappa shape index (κ3) is 4.17. The first-order valence-electron chi connectivity index (χ1n) is 7.81. The molecular formula is C19H16FN3O2. The lowest BCUT2D eigenvalue weighted by atomic mass is 10.1. The zero-order chi connectivity index (χ0) is 17.6. The minimum Gasteiger partial charge on any atom is -0.350 e. The molecule has 1 aromatic heterocycles. The molecule has 1 N–H and O–H groups in total. The average Bonchev–Trinajstić information content (AvgIpc) is 2.64. The van der Waals surface area contributed by atoms with Gasteiger partial charge in [-0.2, -0.15) is 5.10 Å². The van der Waals surface area contributed by atoms with Gasteiger partial charge in [-0.25, -0.2) is 9.07 Å². The van der Waals surface area contributed by atoms with E-state index < -0.39 is 5.82 Å². The number of aromatic nitrogens is 2. The Hall–Kier alpha value is -3.28. The van der Waals surface area contributed by atoms with Crippen LogP contribution in [0, 0.1) is 5.82 Å². The minimum absolute atomic E-state index is 0.237. The SMILES string of the molecule is O=C(NCCn1nc(-c2ccccc2)ccc1=O)c1ccc(F)cc1. The molecule has 0 aliphatic carbocycles. The Bertz CT molecular complexity index is 921. The van der Waals surface area contributed by atoms with Crippen LogP contribution in [0.3, 0.4) is 0 Å². The van der Waals surface area contributed by atoms with Gasteiger partial charge in [-0.05, 0) is 30.3 Å². The molecule has 5 nitrogen and oxygen atoms in total. The highest BCUT2D eigenvalue weighted by Crippen LogP contribution is 2.13. The van der Waals surface area contributed by atoms with Gasteiger partial charge in [0.25, 0.3) is 11.5 Å². The molecule has 1 heterocycles. The van der Waals surface area contributed by atoms with Gasteiger partial charge in [-0.1, -0.05) is 30.3 Å². The fraction of sp³-hybridized carbons (Fsp3) is 0.105. The first-order chi connectivity index (χ1) is 12.1. The maximum absolute atomic E-state index is 12.9. The largest absolute Gasteiger partial charge is 0.350 e. The second kappa shape index (κ2) is 7.53. The lowest BCUT2D eigenvalue weighted by Crippen LogP contribution is -2.31. The number of amides is 1. The highest BCUT2D eigenvalue weighted by atomic mass is 19.1. The van der Waals surface area contributed by atoms with E-state index in [1.165, 1.54) is 35.0 Å². The van der Waals surface area contributed by atoms with Crippen molar-refractivity contribution >= 4 is 5.91 Å². The third-order valence-corrected chi connectivity index (χ3v) is 3.65. The maximum atomic E-state index is 12.9. The van der Waals surface area contributed by atoms with Crippen molar-refractivity contribution in [3.8, 4) is 11.3 Å². The van der Waals surface area contributed by atoms with Crippen LogP contribution in [0.1, 0.15) is 10.4 Å². The normalized spacial score (nSPS) is 10.4. The molecule has 0 radical (unpaired) electrons. The number of nitrogens with one attached hydrogen (secondary N) is 1. The van der Waals surface area contributed by atoms with Crippen molar-refractivity contribution in [2.24, 2.45) is 0 Å². The Morgan fingerprint density at radius 1 is 1.00 bits per heavy atom. The first kappa shape index (κ1) is 16.6. The molecule has 0 spiro atoms. The second-order valence-electron chi connectivity index (χ2n) is 5.41. The maximum Gasteiger partial charge on any atom is 0.266 e. The van der Waals surface area contributed by atoms with Crippen LogP contribution < -0.4 is 10.9 Å². The summed E-state index contributed by atoms with van der Waals surface area (Å²) in [6.45, 7) is 0.480. The van der Waals surface area contributed by atoms with Gasteiger partial charge in [-0.3, -0.25) is 9.59 Å². The predicted octanol–water partition coefficient (Wildman–Crippen LogP) is 2.48. The Kier molecular flexibility index (Phi) is 4.99. The number of carbonyl (C=O) groups excluding carboxylic acids is 1. The van der Waals surface area contributed by atoms with E-state index in [0.717, 1.165) is 5.56 Å². The van der Waals surface area contributed by atoms with Crippen molar-refractivity contribution in [3.05, 3.63) is 88.5 Å². The fourth-order valence-corrected chi connectivity index (χ4v) is 2.35. The number of halogens is 1. The van der Waals surface area contributed by atoms with E-state index in [-0.39, 0.29) is 24.6 Å². The molecule has 0 aliphatic heterocycles. The average molecular weight is 337 g/mol. The van der Waals surface area contributed by atoms with Crippen LogP contribution in [0.25, 0.3) is 11.3 Å². The van der Waals surface area contributed by atoms with E-state index in [1.807, 2.05) is 30.3 Å². The van der Waals surface area contributed by atoms with Crippen molar-refractivity contribution in [3.63, 3.8) is 0 Å². The lowest BCUT2D eigenvalue weighted by Gasteiger charge is -2.08. The summed E-state index contributed by atoms with van der Waals surface area (Å²) in [6.07, 6.45) is 0. The summed E-state index contributed by atoms with van der Waals surface area (Å²) in [5, 5.41) is 7.02. The van der Waals surface area contributed by atoms with Crippen LogP contribution in [0.2, 0.25) is 0 Å². The van der Waals surface area contributed by atoms with E-state index in [9.17, 15) is 14.0 Å². The fourth-order valence-electron chi connectivity index (χ4n) is 2.35. The van der Waals surface area contributed by atoms with E-state index in [1.54, 1.807) is 6.07 Å². The number of benzene rings is 2. The van der Waals surface area contributed by atoms with E-state index >= 15 is 0 Å². The molecule has 25 heavy (non-hydrogen) atoms. The molecule has 1 amide bonds. The van der Waals surface area contributed by atoms with Gasteiger partial charge in [0.15, 0.2) is 0 Å². The van der Waals surface area contributed by atoms with Gasteiger partial charge in [0.2, 0.25) is 0 Å². The first-order valence-corrected chi connectivity index (χ1v) is 7.81. The van der Waals surface area contributed by atoms with E-state index in [4.69, 9.17) is 0 Å². The monoisotopic (exact) mass is 337 g/mol. The molecule has 0 saturated heterocycles. The smallest absolute Gasteiger partial charge is 0.266 e. The lowest BCUT2D eigenvalue weighted by molar-refractivity contribution is 0.0951. The summed E-state index contributed by atoms with van der Waals surface area (Å²) in [5.74, 6) is -0.725. The van der Waals surface area contributed by atoms with Crippen LogP contribution in [0.15, 0.2) is 71.5 Å². The van der Waals surface area contributed by atoms with E-state index in [0.29, 0.717) is 11.3 Å². The zero-order valence-electron chi connectivity index (χ0n) is 13.4. The van der Waals surface area contributed by atoms with Crippen LogP contribution in [-0.4, -0.2) is 22.2 Å². The molecule has 126 valence electrons. The molecule has 0 aliphatic rings. The summed E-state index contributed by atoms with van der Waals surface area (Å²) in [6, 6.07) is 17.9. The molecule has 0 unspecified atom stereocenters. The van der Waals surface area contributed by atoms with Gasteiger partial charge < -0.3 is 5.32 Å². The van der Waals surface area contributed by atoms with Gasteiger partial charge in [0.1, 0.15) is 5.82 Å².